The lowest BCUT2D eigenvalue weighted by molar-refractivity contribution is -0.120. The minimum atomic E-state index is 0.0769. The monoisotopic (exact) mass is 213 g/mol. The van der Waals surface area contributed by atoms with E-state index in [0.717, 1.165) is 13.0 Å². The Morgan fingerprint density at radius 2 is 2.13 bits per heavy atom. The van der Waals surface area contributed by atoms with E-state index in [2.05, 4.69) is 17.3 Å². The first-order valence-corrected chi connectivity index (χ1v) is 5.82. The van der Waals surface area contributed by atoms with Gasteiger partial charge in [-0.2, -0.15) is 0 Å². The molecule has 88 valence electrons. The zero-order valence-electron chi connectivity index (χ0n) is 9.83. The Hall–Kier alpha value is -0.610. The highest BCUT2D eigenvalue weighted by atomic mass is 16.1. The maximum atomic E-state index is 11.1. The Kier molecular flexibility index (Phi) is 5.05. The van der Waals surface area contributed by atoms with Crippen molar-refractivity contribution in [3.63, 3.8) is 0 Å². The van der Waals surface area contributed by atoms with Gasteiger partial charge in [-0.05, 0) is 19.9 Å². The molecule has 0 saturated heterocycles. The number of rotatable bonds is 4. The van der Waals surface area contributed by atoms with E-state index in [4.69, 9.17) is 5.73 Å². The molecule has 0 heterocycles. The number of nitrogens with one attached hydrogen (secondary N) is 1. The molecule has 0 bridgehead atoms. The Balaban J connectivity index is 2.52. The molecule has 0 radical (unpaired) electrons. The van der Waals surface area contributed by atoms with Crippen molar-refractivity contribution in [1.82, 2.24) is 10.2 Å². The average molecular weight is 213 g/mol. The molecule has 1 fully saturated rings. The van der Waals surface area contributed by atoms with Gasteiger partial charge in [0.05, 0.1) is 0 Å². The van der Waals surface area contributed by atoms with Gasteiger partial charge in [-0.15, -0.1) is 0 Å². The van der Waals surface area contributed by atoms with Gasteiger partial charge in [0.25, 0.3) is 0 Å². The molecule has 0 spiro atoms. The topological polar surface area (TPSA) is 58.4 Å². The summed E-state index contributed by atoms with van der Waals surface area (Å²) in [6.45, 7) is 3.18. The molecule has 0 aromatic rings. The summed E-state index contributed by atoms with van der Waals surface area (Å²) in [5.41, 5.74) is 5.55. The van der Waals surface area contributed by atoms with Crippen LogP contribution in [0.25, 0.3) is 0 Å². The van der Waals surface area contributed by atoms with E-state index in [1.54, 1.807) is 6.92 Å². The van der Waals surface area contributed by atoms with Crippen LogP contribution in [-0.4, -0.2) is 43.0 Å². The Bertz CT molecular complexity index is 208. The molecular formula is C11H23N3O. The van der Waals surface area contributed by atoms with Crippen molar-refractivity contribution >= 4 is 5.91 Å². The molecule has 0 aromatic heterocycles. The highest BCUT2D eigenvalue weighted by Crippen LogP contribution is 2.22. The molecule has 0 unspecified atom stereocenters. The van der Waals surface area contributed by atoms with Crippen molar-refractivity contribution in [2.24, 2.45) is 5.73 Å². The molecular weight excluding hydrogens is 190 g/mol. The van der Waals surface area contributed by atoms with Crippen LogP contribution in [0.4, 0.5) is 0 Å². The molecule has 1 amide bonds. The van der Waals surface area contributed by atoms with E-state index >= 15 is 0 Å². The summed E-state index contributed by atoms with van der Waals surface area (Å²) < 4.78 is 0. The second-order valence-corrected chi connectivity index (χ2v) is 4.43. The van der Waals surface area contributed by atoms with Crippen molar-refractivity contribution in [3.8, 4) is 0 Å². The number of carbonyl (C=O) groups excluding carboxylic acids is 1. The fraction of sp³-hybridized carbons (Fsp3) is 0.909. The van der Waals surface area contributed by atoms with Crippen LogP contribution in [0, 0.1) is 0 Å². The number of nitrogens with two attached hydrogens (primary N) is 1. The first kappa shape index (κ1) is 12.5. The number of hydrogen-bond donors (Lipinski definition) is 2. The molecule has 3 N–H and O–H groups in total. The quantitative estimate of drug-likeness (QED) is 0.707. The summed E-state index contributed by atoms with van der Waals surface area (Å²) in [7, 11) is 2.09. The summed E-state index contributed by atoms with van der Waals surface area (Å²) >= 11 is 0. The highest BCUT2D eigenvalue weighted by Gasteiger charge is 2.28. The Morgan fingerprint density at radius 3 is 2.73 bits per heavy atom. The summed E-state index contributed by atoms with van der Waals surface area (Å²) in [4.78, 5) is 13.4. The predicted octanol–water partition coefficient (Wildman–Crippen LogP) is 0.324. The van der Waals surface area contributed by atoms with Crippen LogP contribution in [0.2, 0.25) is 0 Å². The standard InChI is InChI=1S/C11H23N3O/c1-9(15)13-10-5-3-4-6-11(10)14(2)8-7-12/h10-11H,3-8,12H2,1-2H3,(H,13,15)/t10-,11+/m0/s1. The second kappa shape index (κ2) is 6.08. The molecule has 4 heteroatoms. The van der Waals surface area contributed by atoms with E-state index in [0.29, 0.717) is 18.6 Å². The lowest BCUT2D eigenvalue weighted by atomic mass is 9.89. The summed E-state index contributed by atoms with van der Waals surface area (Å²) in [5, 5.41) is 3.05. The minimum Gasteiger partial charge on any atom is -0.352 e. The minimum absolute atomic E-state index is 0.0769. The van der Waals surface area contributed by atoms with E-state index in [-0.39, 0.29) is 5.91 Å². The van der Waals surface area contributed by atoms with Crippen molar-refractivity contribution in [1.29, 1.82) is 0 Å². The lowest BCUT2D eigenvalue weighted by Gasteiger charge is -2.38. The van der Waals surface area contributed by atoms with Gasteiger partial charge in [0, 0.05) is 32.1 Å². The summed E-state index contributed by atoms with van der Waals surface area (Å²) in [5.74, 6) is 0.0769. The third-order valence-corrected chi connectivity index (χ3v) is 3.17. The second-order valence-electron chi connectivity index (χ2n) is 4.43. The SMILES string of the molecule is CC(=O)N[C@H]1CCCC[C@H]1N(C)CCN. The molecule has 1 aliphatic rings. The fourth-order valence-corrected chi connectivity index (χ4v) is 2.44. The van der Waals surface area contributed by atoms with Gasteiger partial charge < -0.3 is 16.0 Å². The molecule has 1 aliphatic carbocycles. The van der Waals surface area contributed by atoms with Gasteiger partial charge in [-0.25, -0.2) is 0 Å². The van der Waals surface area contributed by atoms with Gasteiger partial charge in [0.15, 0.2) is 0 Å². The summed E-state index contributed by atoms with van der Waals surface area (Å²) in [6.07, 6.45) is 4.74. The molecule has 2 atom stereocenters. The smallest absolute Gasteiger partial charge is 0.217 e. The zero-order valence-corrected chi connectivity index (χ0v) is 9.83. The maximum Gasteiger partial charge on any atom is 0.217 e. The van der Waals surface area contributed by atoms with Crippen molar-refractivity contribution in [2.75, 3.05) is 20.1 Å². The number of amides is 1. The predicted molar refractivity (Wildman–Crippen MR) is 61.5 cm³/mol. The molecule has 15 heavy (non-hydrogen) atoms. The molecule has 4 nitrogen and oxygen atoms in total. The number of hydrogen-bond acceptors (Lipinski definition) is 3. The normalized spacial score (nSPS) is 26.7. The number of nitrogens with zero attached hydrogens (tertiary/aromatic N) is 1. The molecule has 0 aromatic carbocycles. The van der Waals surface area contributed by atoms with Crippen molar-refractivity contribution < 1.29 is 4.79 Å². The van der Waals surface area contributed by atoms with Crippen LogP contribution in [-0.2, 0) is 4.79 Å². The number of likely N-dealkylation sites (N-methyl/N-ethyl adjacent to an activating group) is 1. The highest BCUT2D eigenvalue weighted by molar-refractivity contribution is 5.73. The first-order valence-electron chi connectivity index (χ1n) is 5.82. The van der Waals surface area contributed by atoms with Gasteiger partial charge in [0.2, 0.25) is 5.91 Å². The van der Waals surface area contributed by atoms with E-state index in [9.17, 15) is 4.79 Å². The third kappa shape index (κ3) is 3.80. The number of carbonyl (C=O) groups is 1. The van der Waals surface area contributed by atoms with Crippen LogP contribution in [0.5, 0.6) is 0 Å². The van der Waals surface area contributed by atoms with Gasteiger partial charge >= 0.3 is 0 Å². The largest absolute Gasteiger partial charge is 0.352 e. The first-order chi connectivity index (χ1) is 7.15. The van der Waals surface area contributed by atoms with Crippen LogP contribution < -0.4 is 11.1 Å². The van der Waals surface area contributed by atoms with Crippen molar-refractivity contribution in [3.05, 3.63) is 0 Å². The van der Waals surface area contributed by atoms with Crippen LogP contribution in [0.3, 0.4) is 0 Å². The molecule has 1 saturated carbocycles. The lowest BCUT2D eigenvalue weighted by Crippen LogP contribution is -2.52. The van der Waals surface area contributed by atoms with E-state index in [1.165, 1.54) is 19.3 Å². The fourth-order valence-electron chi connectivity index (χ4n) is 2.44. The zero-order chi connectivity index (χ0) is 11.3. The van der Waals surface area contributed by atoms with E-state index < -0.39 is 0 Å². The van der Waals surface area contributed by atoms with Crippen LogP contribution in [0.1, 0.15) is 32.6 Å². The van der Waals surface area contributed by atoms with E-state index in [1.807, 2.05) is 0 Å². The molecule has 1 rings (SSSR count). The molecule has 0 aliphatic heterocycles. The Morgan fingerprint density at radius 1 is 1.47 bits per heavy atom. The summed E-state index contributed by atoms with van der Waals surface area (Å²) in [6, 6.07) is 0.777. The van der Waals surface area contributed by atoms with Gasteiger partial charge in [0.1, 0.15) is 0 Å². The Labute approximate surface area is 92.2 Å². The van der Waals surface area contributed by atoms with Gasteiger partial charge in [-0.1, -0.05) is 12.8 Å². The van der Waals surface area contributed by atoms with Crippen molar-refractivity contribution in [2.45, 2.75) is 44.7 Å². The maximum absolute atomic E-state index is 11.1. The van der Waals surface area contributed by atoms with Crippen LogP contribution in [0.15, 0.2) is 0 Å². The van der Waals surface area contributed by atoms with Crippen LogP contribution >= 0.6 is 0 Å². The average Bonchev–Trinajstić information content (AvgIpc) is 2.18. The van der Waals surface area contributed by atoms with Gasteiger partial charge in [-0.3, -0.25) is 4.79 Å². The third-order valence-electron chi connectivity index (χ3n) is 3.17.